The minimum atomic E-state index is -0.716. The Labute approximate surface area is 169 Å². The van der Waals surface area contributed by atoms with Crippen molar-refractivity contribution in [3.8, 4) is 11.8 Å². The van der Waals surface area contributed by atoms with Gasteiger partial charge in [-0.1, -0.05) is 18.2 Å². The third kappa shape index (κ3) is 4.10. The molecule has 0 saturated carbocycles. The monoisotopic (exact) mass is 402 g/mol. The van der Waals surface area contributed by atoms with Gasteiger partial charge in [0.05, 0.1) is 16.8 Å². The number of nitrogens with one attached hydrogen (secondary N) is 1. The van der Waals surface area contributed by atoms with Gasteiger partial charge in [-0.25, -0.2) is 5.43 Å². The van der Waals surface area contributed by atoms with Crippen LogP contribution in [0.4, 0.5) is 5.69 Å². The highest BCUT2D eigenvalue weighted by Gasteiger charge is 2.20. The number of nitrogens with zero attached hydrogens (tertiary/aromatic N) is 5. The maximum absolute atomic E-state index is 12.6. The Kier molecular flexibility index (Phi) is 5.74. The summed E-state index contributed by atoms with van der Waals surface area (Å²) < 4.78 is 0.987. The summed E-state index contributed by atoms with van der Waals surface area (Å²) in [5, 5.41) is 27.9. The molecule has 1 N–H and O–H groups in total. The molecule has 0 bridgehead atoms. The topological polar surface area (TPSA) is 143 Å². The summed E-state index contributed by atoms with van der Waals surface area (Å²) in [6.07, 6.45) is 1.30. The van der Waals surface area contributed by atoms with Gasteiger partial charge in [-0.05, 0) is 36.8 Å². The fourth-order valence-electron chi connectivity index (χ4n) is 2.60. The molecule has 10 nitrogen and oxygen atoms in total. The van der Waals surface area contributed by atoms with Crippen LogP contribution in [0.5, 0.6) is 0 Å². The van der Waals surface area contributed by atoms with Gasteiger partial charge in [0.25, 0.3) is 17.2 Å². The Morgan fingerprint density at radius 1 is 1.23 bits per heavy atom. The molecule has 148 valence electrons. The van der Waals surface area contributed by atoms with E-state index in [4.69, 9.17) is 0 Å². The Morgan fingerprint density at radius 3 is 2.50 bits per heavy atom. The van der Waals surface area contributed by atoms with Crippen molar-refractivity contribution >= 4 is 17.8 Å². The molecular weight excluding hydrogens is 388 g/mol. The minimum Gasteiger partial charge on any atom is -0.266 e. The van der Waals surface area contributed by atoms with E-state index in [1.807, 2.05) is 6.07 Å². The van der Waals surface area contributed by atoms with Gasteiger partial charge in [0.2, 0.25) is 0 Å². The van der Waals surface area contributed by atoms with Crippen LogP contribution in [0.25, 0.3) is 5.69 Å². The molecule has 0 spiro atoms. The van der Waals surface area contributed by atoms with E-state index in [1.54, 1.807) is 30.3 Å². The lowest BCUT2D eigenvalue weighted by Crippen LogP contribution is -2.31. The highest BCUT2D eigenvalue weighted by molar-refractivity contribution is 5.94. The quantitative estimate of drug-likeness (QED) is 0.393. The first kappa shape index (κ1) is 20.1. The Morgan fingerprint density at radius 2 is 1.90 bits per heavy atom. The molecule has 0 aliphatic heterocycles. The van der Waals surface area contributed by atoms with Gasteiger partial charge in [0, 0.05) is 17.7 Å². The van der Waals surface area contributed by atoms with Gasteiger partial charge in [-0.15, -0.1) is 0 Å². The van der Waals surface area contributed by atoms with E-state index in [-0.39, 0.29) is 22.5 Å². The van der Waals surface area contributed by atoms with Crippen molar-refractivity contribution in [2.24, 2.45) is 5.10 Å². The summed E-state index contributed by atoms with van der Waals surface area (Å²) in [5.74, 6) is -0.716. The first-order chi connectivity index (χ1) is 14.4. The standard InChI is InChI=1S/C20H14N6O4/c1-13-17(11-21)20(28)25(15-5-3-2-4-6-15)24-18(13)19(27)23-22-12-14-7-9-16(10-8-14)26(29)30/h2-10,12H,1H3,(H,23,27)/b22-12+. The zero-order chi connectivity index (χ0) is 21.7. The number of benzene rings is 2. The fourth-order valence-corrected chi connectivity index (χ4v) is 2.60. The molecule has 30 heavy (non-hydrogen) atoms. The van der Waals surface area contributed by atoms with Crippen molar-refractivity contribution in [1.29, 1.82) is 5.26 Å². The van der Waals surface area contributed by atoms with E-state index in [0.29, 0.717) is 11.3 Å². The zero-order valence-corrected chi connectivity index (χ0v) is 15.6. The van der Waals surface area contributed by atoms with Gasteiger partial charge in [0.15, 0.2) is 5.69 Å². The fraction of sp³-hybridized carbons (Fsp3) is 0.0500. The molecule has 0 aliphatic rings. The van der Waals surface area contributed by atoms with Crippen LogP contribution in [0.3, 0.4) is 0 Å². The second-order valence-electron chi connectivity index (χ2n) is 6.06. The van der Waals surface area contributed by atoms with Crippen molar-refractivity contribution in [3.05, 3.63) is 97.4 Å². The van der Waals surface area contributed by atoms with Crippen LogP contribution < -0.4 is 11.0 Å². The molecule has 0 saturated heterocycles. The lowest BCUT2D eigenvalue weighted by atomic mass is 10.1. The van der Waals surface area contributed by atoms with Gasteiger partial charge < -0.3 is 0 Å². The normalized spacial score (nSPS) is 10.5. The van der Waals surface area contributed by atoms with Crippen molar-refractivity contribution < 1.29 is 9.72 Å². The minimum absolute atomic E-state index is 0.0665. The highest BCUT2D eigenvalue weighted by atomic mass is 16.6. The van der Waals surface area contributed by atoms with Crippen LogP contribution in [0, 0.1) is 28.4 Å². The lowest BCUT2D eigenvalue weighted by Gasteiger charge is -2.10. The number of carbonyl (C=O) groups is 1. The van der Waals surface area contributed by atoms with Crippen molar-refractivity contribution in [2.45, 2.75) is 6.92 Å². The number of nitro benzene ring substituents is 1. The summed E-state index contributed by atoms with van der Waals surface area (Å²) in [5.41, 5.74) is 2.33. The molecule has 0 aliphatic carbocycles. The zero-order valence-electron chi connectivity index (χ0n) is 15.6. The van der Waals surface area contributed by atoms with E-state index in [0.717, 1.165) is 4.68 Å². The summed E-state index contributed by atoms with van der Waals surface area (Å²) in [6.45, 7) is 1.46. The number of hydrazone groups is 1. The van der Waals surface area contributed by atoms with Crippen LogP contribution in [0.1, 0.15) is 27.2 Å². The molecular formula is C20H14N6O4. The van der Waals surface area contributed by atoms with Crippen LogP contribution in [0.15, 0.2) is 64.5 Å². The van der Waals surface area contributed by atoms with Crippen LogP contribution in [-0.2, 0) is 0 Å². The number of carbonyl (C=O) groups excluding carboxylic acids is 1. The smallest absolute Gasteiger partial charge is 0.266 e. The third-order valence-electron chi connectivity index (χ3n) is 4.15. The van der Waals surface area contributed by atoms with Gasteiger partial charge >= 0.3 is 0 Å². The average molecular weight is 402 g/mol. The van der Waals surface area contributed by atoms with Gasteiger partial charge in [-0.2, -0.15) is 20.1 Å². The molecule has 1 amide bonds. The van der Waals surface area contributed by atoms with E-state index < -0.39 is 16.4 Å². The molecule has 0 radical (unpaired) electrons. The van der Waals surface area contributed by atoms with Crippen molar-refractivity contribution in [1.82, 2.24) is 15.2 Å². The average Bonchev–Trinajstić information content (AvgIpc) is 2.75. The third-order valence-corrected chi connectivity index (χ3v) is 4.15. The van der Waals surface area contributed by atoms with E-state index in [1.165, 1.54) is 37.4 Å². The first-order valence-electron chi connectivity index (χ1n) is 8.59. The Hall–Kier alpha value is -4.65. The second-order valence-corrected chi connectivity index (χ2v) is 6.06. The lowest BCUT2D eigenvalue weighted by molar-refractivity contribution is -0.384. The Bertz CT molecular complexity index is 1240. The van der Waals surface area contributed by atoms with Gasteiger partial charge in [0.1, 0.15) is 11.6 Å². The van der Waals surface area contributed by atoms with E-state index in [2.05, 4.69) is 15.6 Å². The molecule has 10 heteroatoms. The summed E-state index contributed by atoms with van der Waals surface area (Å²) in [6, 6.07) is 15.8. The number of non-ortho nitro benzene ring substituents is 1. The second kappa shape index (κ2) is 8.57. The Balaban J connectivity index is 1.89. The number of nitro groups is 1. The molecule has 1 aromatic heterocycles. The van der Waals surface area contributed by atoms with Crippen LogP contribution >= 0.6 is 0 Å². The van der Waals surface area contributed by atoms with Crippen LogP contribution in [0.2, 0.25) is 0 Å². The summed E-state index contributed by atoms with van der Waals surface area (Å²) in [4.78, 5) is 35.2. The molecule has 1 heterocycles. The van der Waals surface area contributed by atoms with E-state index >= 15 is 0 Å². The summed E-state index contributed by atoms with van der Waals surface area (Å²) >= 11 is 0. The number of para-hydroxylation sites is 1. The van der Waals surface area contributed by atoms with Gasteiger partial charge in [-0.3, -0.25) is 19.7 Å². The largest absolute Gasteiger partial charge is 0.292 e. The number of hydrogen-bond donors (Lipinski definition) is 1. The molecule has 3 aromatic rings. The molecule has 2 aromatic carbocycles. The van der Waals surface area contributed by atoms with Crippen LogP contribution in [-0.4, -0.2) is 26.8 Å². The van der Waals surface area contributed by atoms with Crippen molar-refractivity contribution in [2.75, 3.05) is 0 Å². The number of rotatable bonds is 5. The maximum Gasteiger partial charge on any atom is 0.292 e. The molecule has 0 atom stereocenters. The molecule has 3 rings (SSSR count). The number of amides is 1. The van der Waals surface area contributed by atoms with Crippen molar-refractivity contribution in [3.63, 3.8) is 0 Å². The predicted octanol–water partition coefficient (Wildman–Crippen LogP) is 2.08. The number of hydrogen-bond acceptors (Lipinski definition) is 7. The summed E-state index contributed by atoms with van der Waals surface area (Å²) in [7, 11) is 0. The first-order valence-corrected chi connectivity index (χ1v) is 8.59. The highest BCUT2D eigenvalue weighted by Crippen LogP contribution is 2.11. The number of aromatic nitrogens is 2. The molecule has 0 fully saturated rings. The SMILES string of the molecule is Cc1c(C(=O)N/N=C/c2ccc([N+](=O)[O-])cc2)nn(-c2ccccc2)c(=O)c1C#N. The molecule has 0 unspecified atom stereocenters. The maximum atomic E-state index is 12.6. The number of nitriles is 1. The predicted molar refractivity (Wildman–Crippen MR) is 107 cm³/mol. The van der Waals surface area contributed by atoms with E-state index in [9.17, 15) is 25.0 Å².